The summed E-state index contributed by atoms with van der Waals surface area (Å²) < 4.78 is 58.3. The molecule has 5 rings (SSSR count). The third-order valence-corrected chi connectivity index (χ3v) is 23.1. The molecule has 0 radical (unpaired) electrons. The van der Waals surface area contributed by atoms with E-state index in [1.54, 1.807) is 91.0 Å². The third kappa shape index (κ3) is 12.2. The van der Waals surface area contributed by atoms with E-state index in [-0.39, 0.29) is 37.3 Å². The van der Waals surface area contributed by atoms with Crippen LogP contribution < -0.4 is 0 Å². The SMILES string of the molecule is CO[C@@H]1O[C@H](CO[C@H]2O[C@H](CBr)[C@@H](O[Si](C)(C)C(C)(C)C)[C@H](O[Si](C)(C)C(C)(C)C)[C@H]2I)[C@@H](OC(=O)c2ccccc2)[C@H](OC(=O)c2ccccc2)[C@H]1OC(=O)c1ccccc1. The zero-order chi connectivity index (χ0) is 45.6. The summed E-state index contributed by atoms with van der Waals surface area (Å²) in [5.41, 5.74) is 0.718. The monoisotopic (exact) mass is 1070 g/mol. The van der Waals surface area contributed by atoms with Crippen LogP contribution in [0.4, 0.5) is 0 Å². The number of carbonyl (C=O) groups excluding carboxylic acids is 3. The molecule has 16 heteroatoms. The van der Waals surface area contributed by atoms with Crippen molar-refractivity contribution in [3.05, 3.63) is 108 Å². The lowest BCUT2D eigenvalue weighted by atomic mass is 9.97. The van der Waals surface area contributed by atoms with Gasteiger partial charge in [-0.2, -0.15) is 0 Å². The van der Waals surface area contributed by atoms with Gasteiger partial charge < -0.3 is 42.0 Å². The quantitative estimate of drug-likeness (QED) is 0.0472. The smallest absolute Gasteiger partial charge is 0.338 e. The number of esters is 3. The summed E-state index contributed by atoms with van der Waals surface area (Å²) in [6.07, 6.45) is -8.71. The molecular formula is C46H62BrIO12Si2. The molecule has 0 amide bonds. The number of halogens is 2. The summed E-state index contributed by atoms with van der Waals surface area (Å²) >= 11 is 6.06. The number of hydrogen-bond acceptors (Lipinski definition) is 12. The van der Waals surface area contributed by atoms with Crippen molar-refractivity contribution in [3.8, 4) is 0 Å². The number of alkyl halides is 2. The van der Waals surface area contributed by atoms with Gasteiger partial charge in [0.2, 0.25) is 0 Å². The molecule has 10 atom stereocenters. The van der Waals surface area contributed by atoms with E-state index in [0.29, 0.717) is 5.33 Å². The number of benzene rings is 3. The Balaban J connectivity index is 1.53. The van der Waals surface area contributed by atoms with Gasteiger partial charge in [0.25, 0.3) is 0 Å². The number of hydrogen-bond donors (Lipinski definition) is 0. The van der Waals surface area contributed by atoms with Gasteiger partial charge in [-0.15, -0.1) is 0 Å². The minimum atomic E-state index is -2.38. The van der Waals surface area contributed by atoms with Crippen LogP contribution in [0.2, 0.25) is 36.3 Å². The molecular weight excluding hydrogens is 1010 g/mol. The molecule has 3 aromatic rings. The average molecular weight is 1070 g/mol. The lowest BCUT2D eigenvalue weighted by molar-refractivity contribution is -0.306. The Morgan fingerprint density at radius 3 is 1.37 bits per heavy atom. The molecule has 0 bridgehead atoms. The Hall–Kier alpha value is -2.53. The van der Waals surface area contributed by atoms with Crippen molar-refractivity contribution in [2.45, 2.75) is 137 Å². The van der Waals surface area contributed by atoms with Gasteiger partial charge in [-0.25, -0.2) is 14.4 Å². The Morgan fingerprint density at radius 1 is 0.581 bits per heavy atom. The lowest BCUT2D eigenvalue weighted by Crippen LogP contribution is -2.65. The number of carbonyl (C=O) groups is 3. The van der Waals surface area contributed by atoms with E-state index in [9.17, 15) is 14.4 Å². The molecule has 2 fully saturated rings. The summed E-state index contributed by atoms with van der Waals surface area (Å²) in [5, 5.41) is 0.272. The van der Waals surface area contributed by atoms with E-state index in [2.05, 4.69) is 106 Å². The summed E-state index contributed by atoms with van der Waals surface area (Å²) in [6.45, 7) is 21.9. The van der Waals surface area contributed by atoms with E-state index >= 15 is 0 Å². The van der Waals surface area contributed by atoms with E-state index in [1.165, 1.54) is 7.11 Å². The van der Waals surface area contributed by atoms with Crippen LogP contribution in [0.15, 0.2) is 91.0 Å². The predicted molar refractivity (Wildman–Crippen MR) is 253 cm³/mol. The fourth-order valence-electron chi connectivity index (χ4n) is 6.53. The minimum Gasteiger partial charge on any atom is -0.452 e. The Morgan fingerprint density at radius 2 is 0.968 bits per heavy atom. The van der Waals surface area contributed by atoms with Crippen molar-refractivity contribution in [2.75, 3.05) is 19.0 Å². The van der Waals surface area contributed by atoms with Crippen LogP contribution in [0.1, 0.15) is 72.6 Å². The maximum absolute atomic E-state index is 13.9. The van der Waals surface area contributed by atoms with E-state index in [1.807, 2.05) is 0 Å². The Kier molecular flexibility index (Phi) is 17.3. The topological polar surface area (TPSA) is 134 Å². The molecule has 3 aromatic carbocycles. The van der Waals surface area contributed by atoms with Gasteiger partial charge >= 0.3 is 17.9 Å². The second-order valence-electron chi connectivity index (χ2n) is 18.6. The van der Waals surface area contributed by atoms with Crippen molar-refractivity contribution < 1.29 is 56.4 Å². The van der Waals surface area contributed by atoms with Crippen molar-refractivity contribution in [1.82, 2.24) is 0 Å². The molecule has 0 unspecified atom stereocenters. The zero-order valence-corrected chi connectivity index (χ0v) is 43.2. The summed E-state index contributed by atoms with van der Waals surface area (Å²) in [7, 11) is -3.33. The molecule has 0 N–H and O–H groups in total. The van der Waals surface area contributed by atoms with Crippen molar-refractivity contribution in [3.63, 3.8) is 0 Å². The van der Waals surface area contributed by atoms with Crippen molar-refractivity contribution in [1.29, 1.82) is 0 Å². The van der Waals surface area contributed by atoms with E-state index in [4.69, 9.17) is 42.0 Å². The normalized spacial score (nSPS) is 27.2. The molecule has 2 heterocycles. The highest BCUT2D eigenvalue weighted by molar-refractivity contribution is 14.1. The fraction of sp³-hybridized carbons (Fsp3) is 0.543. The van der Waals surface area contributed by atoms with Gasteiger partial charge in [0.15, 0.2) is 47.5 Å². The summed E-state index contributed by atoms with van der Waals surface area (Å²) in [6, 6.07) is 25.1. The zero-order valence-electron chi connectivity index (χ0n) is 37.5. The molecule has 0 aliphatic carbocycles. The van der Waals surface area contributed by atoms with Crippen LogP contribution in [0.3, 0.4) is 0 Å². The van der Waals surface area contributed by atoms with Gasteiger partial charge in [-0.1, -0.05) is 135 Å². The highest BCUT2D eigenvalue weighted by Gasteiger charge is 2.56. The van der Waals surface area contributed by atoms with E-state index < -0.39 is 89.9 Å². The van der Waals surface area contributed by atoms with Crippen LogP contribution in [0.5, 0.6) is 0 Å². The van der Waals surface area contributed by atoms with Gasteiger partial charge in [-0.05, 0) is 72.7 Å². The lowest BCUT2D eigenvalue weighted by Gasteiger charge is -2.52. The molecule has 340 valence electrons. The highest BCUT2D eigenvalue weighted by atomic mass is 127. The summed E-state index contributed by atoms with van der Waals surface area (Å²) in [4.78, 5) is 41.5. The highest BCUT2D eigenvalue weighted by Crippen LogP contribution is 2.45. The number of methoxy groups -OCH3 is 1. The molecule has 0 aromatic heterocycles. The molecule has 2 saturated heterocycles. The number of ether oxygens (including phenoxy) is 7. The molecule has 62 heavy (non-hydrogen) atoms. The van der Waals surface area contributed by atoms with E-state index in [0.717, 1.165) is 0 Å². The maximum Gasteiger partial charge on any atom is 0.338 e. The van der Waals surface area contributed by atoms with Gasteiger partial charge in [0, 0.05) is 12.4 Å². The Bertz CT molecular complexity index is 1930. The molecule has 2 aliphatic heterocycles. The van der Waals surface area contributed by atoms with Crippen LogP contribution in [-0.2, 0) is 42.0 Å². The van der Waals surface area contributed by atoms with Crippen LogP contribution >= 0.6 is 38.5 Å². The summed E-state index contributed by atoms with van der Waals surface area (Å²) in [5.74, 6) is -2.19. The van der Waals surface area contributed by atoms with Crippen molar-refractivity contribution >= 4 is 73.1 Å². The van der Waals surface area contributed by atoms with Crippen molar-refractivity contribution in [2.24, 2.45) is 0 Å². The predicted octanol–water partition coefficient (Wildman–Crippen LogP) is 9.76. The second kappa shape index (κ2) is 21.2. The minimum absolute atomic E-state index is 0.0737. The number of rotatable bonds is 15. The van der Waals surface area contributed by atoms with Crippen LogP contribution in [0, 0.1) is 0 Å². The van der Waals surface area contributed by atoms with Crippen LogP contribution in [-0.4, -0.2) is 113 Å². The van der Waals surface area contributed by atoms with Crippen LogP contribution in [0.25, 0.3) is 0 Å². The average Bonchev–Trinajstić information content (AvgIpc) is 3.23. The third-order valence-electron chi connectivity index (χ3n) is 12.2. The second-order valence-corrected chi connectivity index (χ2v) is 30.2. The molecule has 2 aliphatic rings. The Labute approximate surface area is 390 Å². The first-order valence-corrected chi connectivity index (χ1v) is 29.1. The fourth-order valence-corrected chi connectivity index (χ4v) is 10.9. The molecule has 0 saturated carbocycles. The first-order valence-electron chi connectivity index (χ1n) is 20.9. The standard InChI is InChI=1S/C46H62BrIO12Si2/c1-45(2,3)61(8,9)59-36-32(27-47)54-43(34(48)37(36)60-62(10,11)46(4,5)6)53-28-33-35(56-40(49)29-21-15-12-16-22-29)38(57-41(50)30-23-17-13-18-24-30)39(44(52-7)55-33)58-42(51)31-25-19-14-20-26-31/h12-26,32-39,43-44H,27-28H2,1-11H3/t32-,33-,34-,35-,36-,37-,38+,39-,43+,44-/m1/s1. The molecule has 12 nitrogen and oxygen atoms in total. The first-order chi connectivity index (χ1) is 29.1. The van der Waals surface area contributed by atoms with Gasteiger partial charge in [-0.3, -0.25) is 0 Å². The maximum atomic E-state index is 13.9. The van der Waals surface area contributed by atoms with Gasteiger partial charge in [0.1, 0.15) is 6.10 Å². The molecule has 0 spiro atoms. The largest absolute Gasteiger partial charge is 0.452 e. The van der Waals surface area contributed by atoms with Gasteiger partial charge in [0.05, 0.1) is 45.5 Å². The first kappa shape index (κ1) is 50.5.